The van der Waals surface area contributed by atoms with Gasteiger partial charge in [0.25, 0.3) is 0 Å². The average molecular weight is 323 g/mol. The molecule has 1 atom stereocenters. The third-order valence-electron chi connectivity index (χ3n) is 4.68. The normalized spacial score (nSPS) is 13.2. The van der Waals surface area contributed by atoms with Gasteiger partial charge in [0, 0.05) is 5.92 Å². The van der Waals surface area contributed by atoms with E-state index in [-0.39, 0.29) is 0 Å². The van der Waals surface area contributed by atoms with Gasteiger partial charge in [-0.1, -0.05) is 77.7 Å². The van der Waals surface area contributed by atoms with Crippen molar-refractivity contribution in [2.45, 2.75) is 110 Å². The first-order valence-electron chi connectivity index (χ1n) is 10.3. The van der Waals surface area contributed by atoms with Crippen LogP contribution >= 0.6 is 0 Å². The van der Waals surface area contributed by atoms with Crippen LogP contribution in [0, 0.1) is 5.92 Å². The highest BCUT2D eigenvalue weighted by Crippen LogP contribution is 2.23. The molecule has 0 aliphatic heterocycles. The van der Waals surface area contributed by atoms with Crippen LogP contribution in [0.15, 0.2) is 24.5 Å². The van der Waals surface area contributed by atoms with E-state index >= 15 is 0 Å². The Hall–Kier alpha value is -0.720. The molecule has 1 nitrogen and oxygen atoms in total. The molecule has 0 radical (unpaired) electrons. The zero-order valence-electron chi connectivity index (χ0n) is 16.0. The Morgan fingerprint density at radius 1 is 0.783 bits per heavy atom. The van der Waals surface area contributed by atoms with Crippen molar-refractivity contribution < 1.29 is 5.11 Å². The molecular formula is C22H42O. The van der Waals surface area contributed by atoms with E-state index in [0.29, 0.717) is 11.7 Å². The second kappa shape index (κ2) is 17.6. The Bertz CT molecular complexity index is 280. The Morgan fingerprint density at radius 3 is 2.04 bits per heavy atom. The van der Waals surface area contributed by atoms with Crippen LogP contribution in [0.1, 0.15) is 110 Å². The van der Waals surface area contributed by atoms with Crippen molar-refractivity contribution >= 4 is 0 Å². The van der Waals surface area contributed by atoms with E-state index in [1.807, 2.05) is 6.08 Å². The first-order chi connectivity index (χ1) is 11.3. The van der Waals surface area contributed by atoms with Crippen LogP contribution in [0.3, 0.4) is 0 Å². The smallest absolute Gasteiger partial charge is 0.0913 e. The van der Waals surface area contributed by atoms with Gasteiger partial charge in [0.05, 0.1) is 5.76 Å². The standard InChI is InChI=1S/C22H42O/c1-4-7-9-11-13-15-17-20-22(23)21(18-6-3)19-16-14-12-10-8-5-2/h5,20-21,23H,2,4,6-19H2,1,3H3. The summed E-state index contributed by atoms with van der Waals surface area (Å²) in [6, 6.07) is 0. The number of aliphatic hydroxyl groups excluding tert-OH is 1. The zero-order chi connectivity index (χ0) is 17.2. The van der Waals surface area contributed by atoms with Crippen molar-refractivity contribution in [1.82, 2.24) is 0 Å². The highest BCUT2D eigenvalue weighted by atomic mass is 16.3. The predicted molar refractivity (Wildman–Crippen MR) is 105 cm³/mol. The van der Waals surface area contributed by atoms with Gasteiger partial charge >= 0.3 is 0 Å². The molecule has 0 aromatic rings. The summed E-state index contributed by atoms with van der Waals surface area (Å²) in [6.07, 6.45) is 22.8. The Balaban J connectivity index is 3.86. The second-order valence-electron chi connectivity index (χ2n) is 6.95. The van der Waals surface area contributed by atoms with Gasteiger partial charge in [-0.3, -0.25) is 0 Å². The van der Waals surface area contributed by atoms with E-state index < -0.39 is 0 Å². The predicted octanol–water partition coefficient (Wildman–Crippen LogP) is 8.12. The fourth-order valence-corrected chi connectivity index (χ4v) is 3.16. The van der Waals surface area contributed by atoms with E-state index in [4.69, 9.17) is 0 Å². The third-order valence-corrected chi connectivity index (χ3v) is 4.68. The molecule has 0 aliphatic rings. The zero-order valence-corrected chi connectivity index (χ0v) is 16.0. The molecule has 0 aliphatic carbocycles. The topological polar surface area (TPSA) is 20.2 Å². The highest BCUT2D eigenvalue weighted by Gasteiger charge is 2.11. The van der Waals surface area contributed by atoms with Crippen molar-refractivity contribution in [3.05, 3.63) is 24.5 Å². The molecular weight excluding hydrogens is 280 g/mol. The van der Waals surface area contributed by atoms with E-state index in [1.54, 1.807) is 0 Å². The number of unbranched alkanes of at least 4 members (excludes halogenated alkanes) is 10. The lowest BCUT2D eigenvalue weighted by Crippen LogP contribution is -2.04. The quantitative estimate of drug-likeness (QED) is 0.163. The minimum atomic E-state index is 0.402. The van der Waals surface area contributed by atoms with Gasteiger partial charge in [-0.05, 0) is 44.6 Å². The van der Waals surface area contributed by atoms with Gasteiger partial charge < -0.3 is 5.11 Å². The van der Waals surface area contributed by atoms with Crippen LogP contribution in [0.5, 0.6) is 0 Å². The maximum atomic E-state index is 10.4. The molecule has 0 aromatic heterocycles. The minimum absolute atomic E-state index is 0.402. The summed E-state index contributed by atoms with van der Waals surface area (Å²) < 4.78 is 0. The third kappa shape index (κ3) is 14.6. The molecule has 1 N–H and O–H groups in total. The van der Waals surface area contributed by atoms with Gasteiger partial charge in [-0.2, -0.15) is 0 Å². The van der Waals surface area contributed by atoms with Gasteiger partial charge in [-0.15, -0.1) is 6.58 Å². The van der Waals surface area contributed by atoms with Crippen LogP contribution in [0.2, 0.25) is 0 Å². The molecule has 0 saturated carbocycles. The maximum Gasteiger partial charge on any atom is 0.0913 e. The minimum Gasteiger partial charge on any atom is -0.512 e. The first kappa shape index (κ1) is 22.3. The first-order valence-corrected chi connectivity index (χ1v) is 10.3. The molecule has 0 bridgehead atoms. The number of hydrogen-bond acceptors (Lipinski definition) is 1. The molecule has 0 rings (SSSR count). The maximum absolute atomic E-state index is 10.4. The Morgan fingerprint density at radius 2 is 1.39 bits per heavy atom. The molecule has 1 unspecified atom stereocenters. The summed E-state index contributed by atoms with van der Waals surface area (Å²) in [5.41, 5.74) is 0. The van der Waals surface area contributed by atoms with Crippen molar-refractivity contribution in [2.24, 2.45) is 5.92 Å². The molecule has 0 saturated heterocycles. The second-order valence-corrected chi connectivity index (χ2v) is 6.95. The van der Waals surface area contributed by atoms with Crippen molar-refractivity contribution in [1.29, 1.82) is 0 Å². The summed E-state index contributed by atoms with van der Waals surface area (Å²) in [7, 11) is 0. The summed E-state index contributed by atoms with van der Waals surface area (Å²) >= 11 is 0. The van der Waals surface area contributed by atoms with Crippen LogP contribution in [0.4, 0.5) is 0 Å². The van der Waals surface area contributed by atoms with E-state index in [1.165, 1.54) is 64.2 Å². The lowest BCUT2D eigenvalue weighted by Gasteiger charge is -2.15. The largest absolute Gasteiger partial charge is 0.512 e. The summed E-state index contributed by atoms with van der Waals surface area (Å²) in [5, 5.41) is 10.4. The fourth-order valence-electron chi connectivity index (χ4n) is 3.16. The van der Waals surface area contributed by atoms with Gasteiger partial charge in [-0.25, -0.2) is 0 Å². The highest BCUT2D eigenvalue weighted by molar-refractivity contribution is 4.96. The van der Waals surface area contributed by atoms with E-state index in [2.05, 4.69) is 26.5 Å². The fraction of sp³-hybridized carbons (Fsp3) is 0.818. The lowest BCUT2D eigenvalue weighted by molar-refractivity contribution is 0.297. The SMILES string of the molecule is C=CCCCCCCC(CCC)C(O)=CCCCCCCCC. The van der Waals surface area contributed by atoms with Crippen molar-refractivity contribution in [2.75, 3.05) is 0 Å². The molecule has 1 heteroatoms. The Kier molecular flexibility index (Phi) is 17.1. The molecule has 0 heterocycles. The van der Waals surface area contributed by atoms with Gasteiger partial charge in [0.1, 0.15) is 0 Å². The number of allylic oxidation sites excluding steroid dienone is 3. The molecule has 23 heavy (non-hydrogen) atoms. The number of aliphatic hydroxyl groups is 1. The molecule has 0 fully saturated rings. The summed E-state index contributed by atoms with van der Waals surface area (Å²) in [5.74, 6) is 1.07. The number of rotatable bonds is 17. The monoisotopic (exact) mass is 322 g/mol. The summed E-state index contributed by atoms with van der Waals surface area (Å²) in [6.45, 7) is 8.25. The van der Waals surface area contributed by atoms with Crippen LogP contribution < -0.4 is 0 Å². The van der Waals surface area contributed by atoms with Crippen LogP contribution in [-0.2, 0) is 0 Å². The summed E-state index contributed by atoms with van der Waals surface area (Å²) in [4.78, 5) is 0. The van der Waals surface area contributed by atoms with Gasteiger partial charge in [0.15, 0.2) is 0 Å². The lowest BCUT2D eigenvalue weighted by atomic mass is 9.93. The molecule has 0 aromatic carbocycles. The molecule has 136 valence electrons. The molecule has 0 spiro atoms. The van der Waals surface area contributed by atoms with E-state index in [0.717, 1.165) is 32.1 Å². The Labute approximate surface area is 146 Å². The van der Waals surface area contributed by atoms with Crippen LogP contribution in [-0.4, -0.2) is 5.11 Å². The van der Waals surface area contributed by atoms with Crippen molar-refractivity contribution in [3.8, 4) is 0 Å². The number of hydrogen-bond donors (Lipinski definition) is 1. The van der Waals surface area contributed by atoms with Crippen LogP contribution in [0.25, 0.3) is 0 Å². The molecule has 0 amide bonds. The van der Waals surface area contributed by atoms with Crippen molar-refractivity contribution in [3.63, 3.8) is 0 Å². The average Bonchev–Trinajstić information content (AvgIpc) is 2.56. The van der Waals surface area contributed by atoms with Gasteiger partial charge in [0.2, 0.25) is 0 Å². The van der Waals surface area contributed by atoms with E-state index in [9.17, 15) is 5.11 Å².